The molecular formula is C21H20N2O2. The van der Waals surface area contributed by atoms with Gasteiger partial charge in [0, 0.05) is 41.4 Å². The van der Waals surface area contributed by atoms with Crippen molar-refractivity contribution in [3.05, 3.63) is 71.4 Å². The Morgan fingerprint density at radius 2 is 1.92 bits per heavy atom. The molecule has 0 unspecified atom stereocenters. The van der Waals surface area contributed by atoms with E-state index >= 15 is 0 Å². The zero-order chi connectivity index (χ0) is 16.8. The molecular weight excluding hydrogens is 312 g/mol. The van der Waals surface area contributed by atoms with E-state index in [2.05, 4.69) is 23.2 Å². The Balaban J connectivity index is 1.63. The highest BCUT2D eigenvalue weighted by molar-refractivity contribution is 6.00. The number of nitrogens with zero attached hydrogens (tertiary/aromatic N) is 1. The minimum Gasteiger partial charge on any atom is -0.376 e. The third-order valence-corrected chi connectivity index (χ3v) is 5.40. The number of hydrogen-bond acceptors (Lipinski definition) is 2. The third kappa shape index (κ3) is 2.29. The number of para-hydroxylation sites is 1. The molecule has 3 heterocycles. The van der Waals surface area contributed by atoms with Gasteiger partial charge in [-0.25, -0.2) is 0 Å². The highest BCUT2D eigenvalue weighted by Gasteiger charge is 2.39. The van der Waals surface area contributed by atoms with Crippen LogP contribution in [0.25, 0.3) is 10.9 Å². The van der Waals surface area contributed by atoms with Crippen molar-refractivity contribution in [1.82, 2.24) is 9.88 Å². The van der Waals surface area contributed by atoms with Gasteiger partial charge in [0.1, 0.15) is 0 Å². The zero-order valence-corrected chi connectivity index (χ0v) is 13.9. The summed E-state index contributed by atoms with van der Waals surface area (Å²) in [5, 5.41) is 1.18. The second-order valence-corrected chi connectivity index (χ2v) is 6.87. The summed E-state index contributed by atoms with van der Waals surface area (Å²) in [5.74, 6) is 0.112. The molecule has 1 N–H and O–H groups in total. The fourth-order valence-electron chi connectivity index (χ4n) is 4.22. The molecule has 0 saturated carbocycles. The Hall–Kier alpha value is -2.59. The predicted molar refractivity (Wildman–Crippen MR) is 96.6 cm³/mol. The van der Waals surface area contributed by atoms with Gasteiger partial charge in [-0.3, -0.25) is 4.79 Å². The maximum Gasteiger partial charge on any atom is 0.255 e. The summed E-state index contributed by atoms with van der Waals surface area (Å²) >= 11 is 0. The van der Waals surface area contributed by atoms with Crippen LogP contribution in [-0.2, 0) is 4.74 Å². The topological polar surface area (TPSA) is 45.3 Å². The standard InChI is InChI=1S/C21H20N2O2/c24-21-17-9-2-1-8-16(17)20(23(21)13-14-6-5-11-25-14)18-12-22-19-10-4-3-7-15(18)19/h1-4,7-10,12,14,20,22H,5-6,11,13H2/t14-,20+/m0/s1. The number of aromatic amines is 1. The second-order valence-electron chi connectivity index (χ2n) is 6.87. The van der Waals surface area contributed by atoms with E-state index in [1.807, 2.05) is 41.4 Å². The number of aromatic nitrogens is 1. The van der Waals surface area contributed by atoms with Gasteiger partial charge in [-0.2, -0.15) is 0 Å². The summed E-state index contributed by atoms with van der Waals surface area (Å²) < 4.78 is 5.81. The quantitative estimate of drug-likeness (QED) is 0.791. The van der Waals surface area contributed by atoms with Gasteiger partial charge in [0.05, 0.1) is 12.1 Å². The Bertz CT molecular complexity index is 940. The number of ether oxygens (including phenoxy) is 1. The van der Waals surface area contributed by atoms with Gasteiger partial charge >= 0.3 is 0 Å². The van der Waals surface area contributed by atoms with Crippen molar-refractivity contribution < 1.29 is 9.53 Å². The van der Waals surface area contributed by atoms with Crippen LogP contribution in [0.3, 0.4) is 0 Å². The fourth-order valence-corrected chi connectivity index (χ4v) is 4.22. The minimum absolute atomic E-state index is 0.0518. The highest BCUT2D eigenvalue weighted by Crippen LogP contribution is 2.41. The summed E-state index contributed by atoms with van der Waals surface area (Å²) in [4.78, 5) is 18.4. The molecule has 0 bridgehead atoms. The molecule has 2 aromatic carbocycles. The lowest BCUT2D eigenvalue weighted by atomic mass is 9.97. The predicted octanol–water partition coefficient (Wildman–Crippen LogP) is 3.89. The molecule has 0 spiro atoms. The van der Waals surface area contributed by atoms with Crippen LogP contribution < -0.4 is 0 Å². The monoisotopic (exact) mass is 332 g/mol. The molecule has 3 aromatic rings. The number of H-pyrrole nitrogens is 1. The Labute approximate surface area is 146 Å². The lowest BCUT2D eigenvalue weighted by Crippen LogP contribution is -2.35. The lowest BCUT2D eigenvalue weighted by molar-refractivity contribution is 0.0500. The maximum absolute atomic E-state index is 13.1. The van der Waals surface area contributed by atoms with Crippen LogP contribution in [0.4, 0.5) is 0 Å². The van der Waals surface area contributed by atoms with Crippen molar-refractivity contribution in [3.8, 4) is 0 Å². The van der Waals surface area contributed by atoms with E-state index in [0.29, 0.717) is 6.54 Å². The molecule has 1 aromatic heterocycles. The molecule has 4 heteroatoms. The summed E-state index contributed by atoms with van der Waals surface area (Å²) in [6.07, 6.45) is 4.30. The Morgan fingerprint density at radius 3 is 2.80 bits per heavy atom. The molecule has 25 heavy (non-hydrogen) atoms. The number of hydrogen-bond donors (Lipinski definition) is 1. The van der Waals surface area contributed by atoms with Crippen molar-refractivity contribution in [1.29, 1.82) is 0 Å². The number of rotatable bonds is 3. The molecule has 2 aliphatic heterocycles. The SMILES string of the molecule is O=C1c2ccccc2[C@H](c2c[nH]c3ccccc23)N1C[C@@H]1CCCO1. The normalized spacial score (nSPS) is 22.7. The molecule has 1 fully saturated rings. The molecule has 0 radical (unpaired) electrons. The Morgan fingerprint density at radius 1 is 1.08 bits per heavy atom. The smallest absolute Gasteiger partial charge is 0.255 e. The average molecular weight is 332 g/mol. The van der Waals surface area contributed by atoms with Crippen molar-refractivity contribution in [2.45, 2.75) is 25.0 Å². The van der Waals surface area contributed by atoms with Gasteiger partial charge in [-0.05, 0) is 30.5 Å². The first-order valence-electron chi connectivity index (χ1n) is 8.90. The number of amides is 1. The van der Waals surface area contributed by atoms with Crippen LogP contribution in [0.15, 0.2) is 54.7 Å². The van der Waals surface area contributed by atoms with E-state index in [1.54, 1.807) is 0 Å². The summed E-state index contributed by atoms with van der Waals surface area (Å²) in [6, 6.07) is 16.2. The van der Waals surface area contributed by atoms with Gasteiger partial charge in [-0.15, -0.1) is 0 Å². The van der Waals surface area contributed by atoms with Crippen LogP contribution in [0, 0.1) is 0 Å². The van der Waals surface area contributed by atoms with Crippen LogP contribution in [0.2, 0.25) is 0 Å². The molecule has 0 aliphatic carbocycles. The zero-order valence-electron chi connectivity index (χ0n) is 13.9. The second kappa shape index (κ2) is 5.74. The van der Waals surface area contributed by atoms with Crippen LogP contribution in [-0.4, -0.2) is 35.0 Å². The summed E-state index contributed by atoms with van der Waals surface area (Å²) in [7, 11) is 0. The largest absolute Gasteiger partial charge is 0.376 e. The first-order chi connectivity index (χ1) is 12.3. The summed E-state index contributed by atoms with van der Waals surface area (Å²) in [6.45, 7) is 1.45. The molecule has 2 aliphatic rings. The lowest BCUT2D eigenvalue weighted by Gasteiger charge is -2.27. The minimum atomic E-state index is -0.0518. The van der Waals surface area contributed by atoms with E-state index in [9.17, 15) is 4.79 Å². The van der Waals surface area contributed by atoms with Gasteiger partial charge in [0.25, 0.3) is 5.91 Å². The molecule has 5 rings (SSSR count). The van der Waals surface area contributed by atoms with Crippen LogP contribution in [0.1, 0.15) is 40.4 Å². The van der Waals surface area contributed by atoms with Crippen LogP contribution >= 0.6 is 0 Å². The maximum atomic E-state index is 13.1. The van der Waals surface area contributed by atoms with E-state index in [4.69, 9.17) is 4.74 Å². The van der Waals surface area contributed by atoms with E-state index < -0.39 is 0 Å². The number of carbonyl (C=O) groups is 1. The van der Waals surface area contributed by atoms with Crippen molar-refractivity contribution in [2.75, 3.05) is 13.2 Å². The highest BCUT2D eigenvalue weighted by atomic mass is 16.5. The van der Waals surface area contributed by atoms with Crippen molar-refractivity contribution in [2.24, 2.45) is 0 Å². The number of carbonyl (C=O) groups excluding carboxylic acids is 1. The van der Waals surface area contributed by atoms with Gasteiger partial charge < -0.3 is 14.6 Å². The first-order valence-corrected chi connectivity index (χ1v) is 8.90. The van der Waals surface area contributed by atoms with E-state index in [1.165, 1.54) is 5.39 Å². The van der Waals surface area contributed by atoms with Gasteiger partial charge in [0.15, 0.2) is 0 Å². The molecule has 126 valence electrons. The fraction of sp³-hybridized carbons (Fsp3) is 0.286. The molecule has 2 atom stereocenters. The third-order valence-electron chi connectivity index (χ3n) is 5.40. The van der Waals surface area contributed by atoms with Crippen molar-refractivity contribution >= 4 is 16.8 Å². The molecule has 1 amide bonds. The number of benzene rings is 2. The van der Waals surface area contributed by atoms with E-state index in [0.717, 1.165) is 41.7 Å². The summed E-state index contributed by atoms with van der Waals surface area (Å²) in [5.41, 5.74) is 4.17. The number of fused-ring (bicyclic) bond motifs is 2. The van der Waals surface area contributed by atoms with Gasteiger partial charge in [-0.1, -0.05) is 36.4 Å². The number of nitrogens with one attached hydrogen (secondary N) is 1. The van der Waals surface area contributed by atoms with Gasteiger partial charge in [0.2, 0.25) is 0 Å². The van der Waals surface area contributed by atoms with Crippen LogP contribution in [0.5, 0.6) is 0 Å². The van der Waals surface area contributed by atoms with Crippen molar-refractivity contribution in [3.63, 3.8) is 0 Å². The molecule has 4 nitrogen and oxygen atoms in total. The average Bonchev–Trinajstić information content (AvgIpc) is 3.36. The Kier molecular flexibility index (Phi) is 3.38. The molecule has 1 saturated heterocycles. The van der Waals surface area contributed by atoms with E-state index in [-0.39, 0.29) is 18.1 Å². The first kappa shape index (κ1) is 14.7.